The van der Waals surface area contributed by atoms with Crippen LogP contribution in [0, 0.1) is 0 Å². The first-order valence-electron chi connectivity index (χ1n) is 4.11. The number of rotatable bonds is 5. The van der Waals surface area contributed by atoms with Crippen LogP contribution in [0.1, 0.15) is 18.0 Å². The lowest BCUT2D eigenvalue weighted by Crippen LogP contribution is -2.02. The number of aliphatic hydroxyl groups excluding tert-OH is 1. The molecule has 0 saturated heterocycles. The van der Waals surface area contributed by atoms with Crippen molar-refractivity contribution < 1.29 is 9.52 Å². The van der Waals surface area contributed by atoms with Gasteiger partial charge in [0, 0.05) is 19.4 Å². The Bertz CT molecular complexity index is 223. The fraction of sp³-hybridized carbons (Fsp3) is 0.625. The summed E-state index contributed by atoms with van der Waals surface area (Å²) in [7, 11) is 0. The lowest BCUT2D eigenvalue weighted by Gasteiger charge is -1.89. The first-order chi connectivity index (χ1) is 5.86. The number of aryl methyl sites for hydroxylation is 1. The van der Waals surface area contributed by atoms with Crippen LogP contribution in [0.5, 0.6) is 0 Å². The van der Waals surface area contributed by atoms with Crippen LogP contribution in [0.2, 0.25) is 0 Å². The lowest BCUT2D eigenvalue weighted by molar-refractivity contribution is 0.283. The normalized spacial score (nSPS) is 10.5. The highest BCUT2D eigenvalue weighted by molar-refractivity contribution is 4.96. The molecule has 0 aromatic carbocycles. The fourth-order valence-corrected chi connectivity index (χ4v) is 0.957. The van der Waals surface area contributed by atoms with Gasteiger partial charge in [-0.25, -0.2) is 4.98 Å². The average Bonchev–Trinajstić information content (AvgIpc) is 2.50. The number of hydrogen-bond donors (Lipinski definition) is 2. The van der Waals surface area contributed by atoms with Crippen LogP contribution < -0.4 is 5.73 Å². The van der Waals surface area contributed by atoms with E-state index in [-0.39, 0.29) is 6.61 Å². The minimum absolute atomic E-state index is 0.175. The Morgan fingerprint density at radius 3 is 3.00 bits per heavy atom. The third-order valence-corrected chi connectivity index (χ3v) is 1.55. The maximum atomic E-state index is 8.55. The van der Waals surface area contributed by atoms with Crippen LogP contribution >= 0.6 is 0 Å². The molecule has 1 heterocycles. The second kappa shape index (κ2) is 4.90. The van der Waals surface area contributed by atoms with Crippen LogP contribution in [0.25, 0.3) is 0 Å². The third kappa shape index (κ3) is 2.64. The molecule has 0 aliphatic rings. The topological polar surface area (TPSA) is 72.3 Å². The zero-order valence-electron chi connectivity index (χ0n) is 6.99. The smallest absolute Gasteiger partial charge is 0.194 e. The highest BCUT2D eigenvalue weighted by atomic mass is 16.3. The highest BCUT2D eigenvalue weighted by Gasteiger charge is 2.01. The number of hydrogen-bond acceptors (Lipinski definition) is 4. The molecule has 1 aromatic heterocycles. The Morgan fingerprint density at radius 2 is 2.33 bits per heavy atom. The Labute approximate surface area is 71.4 Å². The monoisotopic (exact) mass is 170 g/mol. The molecule has 68 valence electrons. The van der Waals surface area contributed by atoms with Crippen molar-refractivity contribution in [3.05, 3.63) is 17.8 Å². The van der Waals surface area contributed by atoms with E-state index in [1.807, 2.05) is 0 Å². The first kappa shape index (κ1) is 9.22. The summed E-state index contributed by atoms with van der Waals surface area (Å²) in [5.74, 6) is 0.688. The van der Waals surface area contributed by atoms with Crippen LogP contribution in [-0.2, 0) is 12.8 Å². The molecule has 0 radical (unpaired) electrons. The number of aromatic nitrogens is 1. The largest absolute Gasteiger partial charge is 0.449 e. The summed E-state index contributed by atoms with van der Waals surface area (Å²) >= 11 is 0. The molecule has 12 heavy (non-hydrogen) atoms. The Balaban J connectivity index is 2.41. The quantitative estimate of drug-likeness (QED) is 0.657. The second-order valence-electron chi connectivity index (χ2n) is 2.60. The van der Waals surface area contributed by atoms with Crippen molar-refractivity contribution in [1.29, 1.82) is 0 Å². The van der Waals surface area contributed by atoms with E-state index in [0.717, 1.165) is 12.1 Å². The summed E-state index contributed by atoms with van der Waals surface area (Å²) in [6.07, 6.45) is 3.77. The molecule has 0 amide bonds. The van der Waals surface area contributed by atoms with Crippen LogP contribution in [0.3, 0.4) is 0 Å². The van der Waals surface area contributed by atoms with Gasteiger partial charge in [0.05, 0.1) is 5.69 Å². The van der Waals surface area contributed by atoms with Crippen molar-refractivity contribution in [1.82, 2.24) is 4.98 Å². The van der Waals surface area contributed by atoms with Crippen LogP contribution in [0.4, 0.5) is 0 Å². The molecule has 1 rings (SSSR count). The minimum atomic E-state index is 0.175. The zero-order valence-corrected chi connectivity index (χ0v) is 6.99. The van der Waals surface area contributed by atoms with Crippen molar-refractivity contribution in [2.75, 3.05) is 13.2 Å². The van der Waals surface area contributed by atoms with Gasteiger partial charge in [-0.1, -0.05) is 0 Å². The molecule has 0 spiro atoms. The summed E-state index contributed by atoms with van der Waals surface area (Å²) in [5, 5.41) is 8.55. The van der Waals surface area contributed by atoms with E-state index in [0.29, 0.717) is 25.3 Å². The van der Waals surface area contributed by atoms with Crippen molar-refractivity contribution in [3.8, 4) is 0 Å². The average molecular weight is 170 g/mol. The molecule has 3 N–H and O–H groups in total. The van der Waals surface area contributed by atoms with Gasteiger partial charge in [0.15, 0.2) is 5.89 Å². The zero-order chi connectivity index (χ0) is 8.81. The van der Waals surface area contributed by atoms with E-state index >= 15 is 0 Å². The van der Waals surface area contributed by atoms with E-state index in [2.05, 4.69) is 4.98 Å². The predicted octanol–water partition coefficient (Wildman–Crippen LogP) is 0.101. The molecule has 0 aliphatic heterocycles. The molecule has 1 aromatic rings. The summed E-state index contributed by atoms with van der Waals surface area (Å²) in [4.78, 5) is 4.18. The fourth-order valence-electron chi connectivity index (χ4n) is 0.957. The van der Waals surface area contributed by atoms with Crippen molar-refractivity contribution in [2.24, 2.45) is 5.73 Å². The minimum Gasteiger partial charge on any atom is -0.449 e. The van der Waals surface area contributed by atoms with Crippen LogP contribution in [0.15, 0.2) is 10.7 Å². The standard InChI is InChI=1S/C8H14N2O2/c9-4-3-7-6-12-8(10-7)2-1-5-11/h6,11H,1-5,9H2. The number of nitrogens with two attached hydrogens (primary N) is 1. The van der Waals surface area contributed by atoms with Gasteiger partial charge in [-0.15, -0.1) is 0 Å². The van der Waals surface area contributed by atoms with Crippen molar-refractivity contribution >= 4 is 0 Å². The van der Waals surface area contributed by atoms with E-state index in [4.69, 9.17) is 15.3 Å². The molecule has 0 fully saturated rings. The molecule has 0 saturated carbocycles. The van der Waals surface area contributed by atoms with Crippen LogP contribution in [-0.4, -0.2) is 23.2 Å². The highest BCUT2D eigenvalue weighted by Crippen LogP contribution is 2.04. The van der Waals surface area contributed by atoms with Gasteiger partial charge >= 0.3 is 0 Å². The Morgan fingerprint density at radius 1 is 1.50 bits per heavy atom. The van der Waals surface area contributed by atoms with Gasteiger partial charge in [0.2, 0.25) is 0 Å². The predicted molar refractivity (Wildman–Crippen MR) is 44.7 cm³/mol. The molecule has 0 bridgehead atoms. The third-order valence-electron chi connectivity index (χ3n) is 1.55. The number of aliphatic hydroxyl groups is 1. The summed E-state index contributed by atoms with van der Waals surface area (Å²) in [5.41, 5.74) is 6.24. The second-order valence-corrected chi connectivity index (χ2v) is 2.60. The van der Waals surface area contributed by atoms with E-state index in [1.165, 1.54) is 0 Å². The maximum Gasteiger partial charge on any atom is 0.194 e. The van der Waals surface area contributed by atoms with Crippen molar-refractivity contribution in [3.63, 3.8) is 0 Å². The van der Waals surface area contributed by atoms with Crippen molar-refractivity contribution in [2.45, 2.75) is 19.3 Å². The summed E-state index contributed by atoms with van der Waals surface area (Å²) in [6, 6.07) is 0. The molecule has 4 nitrogen and oxygen atoms in total. The van der Waals surface area contributed by atoms with Gasteiger partial charge in [0.25, 0.3) is 0 Å². The first-order valence-corrected chi connectivity index (χ1v) is 4.11. The summed E-state index contributed by atoms with van der Waals surface area (Å²) in [6.45, 7) is 0.764. The maximum absolute atomic E-state index is 8.55. The van der Waals surface area contributed by atoms with E-state index < -0.39 is 0 Å². The van der Waals surface area contributed by atoms with Gasteiger partial charge in [-0.05, 0) is 13.0 Å². The molecule has 0 unspecified atom stereocenters. The lowest BCUT2D eigenvalue weighted by atomic mass is 10.3. The molecular formula is C8H14N2O2. The number of nitrogens with zero attached hydrogens (tertiary/aromatic N) is 1. The molecule has 0 aliphatic carbocycles. The Hall–Kier alpha value is -0.870. The SMILES string of the molecule is NCCc1coc(CCCO)n1. The summed E-state index contributed by atoms with van der Waals surface area (Å²) < 4.78 is 5.14. The van der Waals surface area contributed by atoms with Gasteiger partial charge in [0.1, 0.15) is 6.26 Å². The number of oxazole rings is 1. The molecule has 0 atom stereocenters. The van der Waals surface area contributed by atoms with Gasteiger partial charge in [-0.3, -0.25) is 0 Å². The molecule has 4 heteroatoms. The van der Waals surface area contributed by atoms with Gasteiger partial charge < -0.3 is 15.3 Å². The van der Waals surface area contributed by atoms with E-state index in [1.54, 1.807) is 6.26 Å². The van der Waals surface area contributed by atoms with Gasteiger partial charge in [-0.2, -0.15) is 0 Å². The Kier molecular flexibility index (Phi) is 3.76. The van der Waals surface area contributed by atoms with E-state index in [9.17, 15) is 0 Å². The molecular weight excluding hydrogens is 156 g/mol.